The minimum atomic E-state index is 0.138. The van der Waals surface area contributed by atoms with Crippen LogP contribution in [0.2, 0.25) is 0 Å². The number of rotatable bonds is 12. The Balaban J connectivity index is 0.000000288. The van der Waals surface area contributed by atoms with Crippen molar-refractivity contribution in [3.8, 4) is 0 Å². The maximum atomic E-state index is 5.04. The van der Waals surface area contributed by atoms with E-state index < -0.39 is 0 Å². The van der Waals surface area contributed by atoms with Crippen LogP contribution in [-0.4, -0.2) is 4.98 Å². The highest BCUT2D eigenvalue weighted by atomic mass is 14.7. The first-order valence-corrected chi connectivity index (χ1v) is 30.7. The van der Waals surface area contributed by atoms with Crippen LogP contribution in [0.15, 0.2) is 54.6 Å². The number of hydrogen-bond acceptors (Lipinski definition) is 1. The number of hydrogen-bond donors (Lipinski definition) is 0. The summed E-state index contributed by atoms with van der Waals surface area (Å²) in [6.45, 7) is 68.3. The molecular weight excluding hydrogens is 867 g/mol. The molecule has 72 heavy (non-hydrogen) atoms. The Kier molecular flexibility index (Phi) is 19.9. The zero-order chi connectivity index (χ0) is 54.4. The molecular formula is C71H119N. The molecule has 408 valence electrons. The second-order valence-electron chi connectivity index (χ2n) is 30.4. The Bertz CT molecular complexity index is 2120. The van der Waals surface area contributed by atoms with E-state index in [9.17, 15) is 0 Å². The van der Waals surface area contributed by atoms with E-state index in [2.05, 4.69) is 242 Å². The summed E-state index contributed by atoms with van der Waals surface area (Å²) < 4.78 is 0. The van der Waals surface area contributed by atoms with Gasteiger partial charge in [-0.3, -0.25) is 4.98 Å². The Hall–Kier alpha value is -2.15. The topological polar surface area (TPSA) is 12.9 Å². The molecule has 2 aromatic carbocycles. The minimum Gasteiger partial charge on any atom is -0.253 e. The molecule has 1 heteroatoms. The van der Waals surface area contributed by atoms with Crippen molar-refractivity contribution in [2.45, 2.75) is 229 Å². The average Bonchev–Trinajstić information content (AvgIpc) is 3.28. The lowest BCUT2D eigenvalue weighted by atomic mass is 9.42. The summed E-state index contributed by atoms with van der Waals surface area (Å²) in [4.78, 5) is 5.04. The predicted octanol–water partition coefficient (Wildman–Crippen LogP) is 21.2. The van der Waals surface area contributed by atoms with Crippen LogP contribution in [0.1, 0.15) is 240 Å². The molecule has 8 unspecified atom stereocenters. The van der Waals surface area contributed by atoms with E-state index in [4.69, 9.17) is 4.98 Å². The zero-order valence-electron chi connectivity index (χ0n) is 52.5. The first-order valence-electron chi connectivity index (χ1n) is 30.7. The molecule has 0 saturated heterocycles. The Morgan fingerprint density at radius 3 is 1.44 bits per heavy atom. The molecule has 3 fully saturated rings. The van der Waals surface area contributed by atoms with Gasteiger partial charge in [-0.05, 0) is 188 Å². The molecule has 3 aliphatic rings. The number of aromatic nitrogens is 1. The summed E-state index contributed by atoms with van der Waals surface area (Å²) in [6.07, 6.45) is 3.88. The van der Waals surface area contributed by atoms with Crippen LogP contribution in [-0.2, 0) is 10.8 Å². The molecule has 21 atom stereocenters. The zero-order valence-corrected chi connectivity index (χ0v) is 52.5. The van der Waals surface area contributed by atoms with Crippen molar-refractivity contribution in [2.75, 3.05) is 0 Å². The van der Waals surface area contributed by atoms with Crippen molar-refractivity contribution in [1.82, 2.24) is 4.98 Å². The second kappa shape index (κ2) is 23.6. The van der Waals surface area contributed by atoms with Gasteiger partial charge >= 0.3 is 0 Å². The van der Waals surface area contributed by atoms with Gasteiger partial charge in [-0.1, -0.05) is 236 Å². The highest BCUT2D eigenvalue weighted by Gasteiger charge is 2.58. The van der Waals surface area contributed by atoms with Crippen molar-refractivity contribution >= 4 is 10.9 Å². The number of fused-ring (bicyclic) bond motifs is 2. The van der Waals surface area contributed by atoms with Gasteiger partial charge in [0.1, 0.15) is 0 Å². The first kappa shape index (κ1) is 60.7. The summed E-state index contributed by atoms with van der Waals surface area (Å²) in [7, 11) is 0. The van der Waals surface area contributed by atoms with E-state index in [-0.39, 0.29) is 10.8 Å². The number of pyridine rings is 1. The number of benzene rings is 2. The van der Waals surface area contributed by atoms with Crippen molar-refractivity contribution in [2.24, 2.45) is 130 Å². The second-order valence-corrected chi connectivity index (χ2v) is 30.4. The van der Waals surface area contributed by atoms with Gasteiger partial charge in [-0.15, -0.1) is 0 Å². The molecule has 0 aliphatic heterocycles. The highest BCUT2D eigenvalue weighted by Crippen LogP contribution is 2.64. The van der Waals surface area contributed by atoms with Gasteiger partial charge in [-0.2, -0.15) is 0 Å². The van der Waals surface area contributed by atoms with E-state index in [1.54, 1.807) is 0 Å². The van der Waals surface area contributed by atoms with Crippen molar-refractivity contribution in [3.63, 3.8) is 0 Å². The molecule has 0 bridgehead atoms. The van der Waals surface area contributed by atoms with Gasteiger partial charge in [0.25, 0.3) is 0 Å². The normalized spacial score (nSPS) is 34.7. The lowest BCUT2D eigenvalue weighted by Crippen LogP contribution is -2.57. The third kappa shape index (κ3) is 12.5. The molecule has 3 aliphatic carbocycles. The largest absolute Gasteiger partial charge is 0.253 e. The van der Waals surface area contributed by atoms with Gasteiger partial charge in [0, 0.05) is 17.0 Å². The lowest BCUT2D eigenvalue weighted by Gasteiger charge is -2.63. The SMILES string of the molecule is CCC(c1ccc2ccccc2n1)C(C)c1cc(C(C)(C)C)cc(C(C)(C)C)c1.CC[C@H](C1[C@H](C)C2C([C@H](C)C(C)[C@@H](C)[C@H]2C)[C@@H](C)[C@H]1C)[C@H](CC(C)C(C)C)[C@H]1C(C)[C@H](C(C)(C)C)[C@H](C)[C@H](C(C)C)[C@H]1C. The van der Waals surface area contributed by atoms with Gasteiger partial charge < -0.3 is 0 Å². The van der Waals surface area contributed by atoms with E-state index >= 15 is 0 Å². The Morgan fingerprint density at radius 1 is 0.486 bits per heavy atom. The third-order valence-electron chi connectivity index (χ3n) is 22.8. The van der Waals surface area contributed by atoms with Crippen LogP contribution in [0.3, 0.4) is 0 Å². The van der Waals surface area contributed by atoms with Crippen molar-refractivity contribution < 1.29 is 0 Å². The molecule has 0 amide bonds. The van der Waals surface area contributed by atoms with E-state index in [0.29, 0.717) is 17.3 Å². The van der Waals surface area contributed by atoms with Gasteiger partial charge in [0.2, 0.25) is 0 Å². The van der Waals surface area contributed by atoms with Crippen LogP contribution < -0.4 is 0 Å². The fourth-order valence-electron chi connectivity index (χ4n) is 18.3. The summed E-state index contributed by atoms with van der Waals surface area (Å²) >= 11 is 0. The van der Waals surface area contributed by atoms with Crippen molar-refractivity contribution in [1.29, 1.82) is 0 Å². The van der Waals surface area contributed by atoms with Crippen LogP contribution in [0.25, 0.3) is 10.9 Å². The number of para-hydroxylation sites is 1. The lowest BCUT2D eigenvalue weighted by molar-refractivity contribution is -0.148. The molecule has 6 rings (SSSR count). The van der Waals surface area contributed by atoms with Crippen LogP contribution >= 0.6 is 0 Å². The maximum absolute atomic E-state index is 5.04. The highest BCUT2D eigenvalue weighted by molar-refractivity contribution is 5.78. The summed E-state index contributed by atoms with van der Waals surface area (Å²) in [6, 6.07) is 20.1. The molecule has 0 N–H and O–H groups in total. The predicted molar refractivity (Wildman–Crippen MR) is 320 cm³/mol. The Labute approximate surface area is 449 Å². The average molecular weight is 987 g/mol. The molecule has 3 saturated carbocycles. The maximum Gasteiger partial charge on any atom is 0.0705 e. The smallest absolute Gasteiger partial charge is 0.0705 e. The van der Waals surface area contributed by atoms with E-state index in [1.165, 1.54) is 40.6 Å². The summed E-state index contributed by atoms with van der Waals surface area (Å²) in [5.41, 5.74) is 7.21. The summed E-state index contributed by atoms with van der Waals surface area (Å²) in [5.74, 6) is 18.2. The van der Waals surface area contributed by atoms with E-state index in [1.807, 2.05) is 0 Å². The standard InChI is InChI=1S/C43H82.C28H37N/c1-20-35(38-29(11)30(12)40-27(9)25(7)26(8)28(10)41(40)32(38)14)36(21-24(6)22(2)3)39-31(13)37(23(4)5)33(15)42(34(39)16)43(17,18)19;1-9-24(26-15-14-20-12-10-11-13-25(20)29-26)19(2)21-16-22(27(3,4)5)18-23(17-21)28(6,7)8/h22-42H,20-21H2,1-19H3;10-19,24H,9H2,1-8H3/t24?,25?,26-,27-,28-,29-,30+,31-,32+,33-,34?,35+,36+,37-,38?,39-,40?,41?,42-;/m1./s1. The van der Waals surface area contributed by atoms with Gasteiger partial charge in [0.05, 0.1) is 5.52 Å². The Morgan fingerprint density at radius 2 is 0.972 bits per heavy atom. The fourth-order valence-corrected chi connectivity index (χ4v) is 18.3. The quantitative estimate of drug-likeness (QED) is 0.176. The molecule has 0 radical (unpaired) electrons. The third-order valence-corrected chi connectivity index (χ3v) is 22.8. The fraction of sp³-hybridized carbons (Fsp3) is 0.789. The monoisotopic (exact) mass is 986 g/mol. The van der Waals surface area contributed by atoms with Gasteiger partial charge in [-0.25, -0.2) is 0 Å². The van der Waals surface area contributed by atoms with E-state index in [0.717, 1.165) is 136 Å². The van der Waals surface area contributed by atoms with Gasteiger partial charge in [0.15, 0.2) is 0 Å². The molecule has 1 heterocycles. The molecule has 1 aromatic heterocycles. The van der Waals surface area contributed by atoms with Crippen LogP contribution in [0.5, 0.6) is 0 Å². The molecule has 1 nitrogen and oxygen atoms in total. The minimum absolute atomic E-state index is 0.138. The summed E-state index contributed by atoms with van der Waals surface area (Å²) in [5, 5.41) is 1.21. The molecule has 0 spiro atoms. The van der Waals surface area contributed by atoms with Crippen molar-refractivity contribution in [3.05, 3.63) is 77.0 Å². The number of nitrogens with zero attached hydrogens (tertiary/aromatic N) is 1. The van der Waals surface area contributed by atoms with Crippen LogP contribution in [0, 0.1) is 130 Å². The molecule has 3 aromatic rings. The first-order chi connectivity index (χ1) is 33.2. The van der Waals surface area contributed by atoms with Crippen LogP contribution in [0.4, 0.5) is 0 Å².